The zero-order valence-corrected chi connectivity index (χ0v) is 16.8. The summed E-state index contributed by atoms with van der Waals surface area (Å²) in [5.74, 6) is 0. The molecule has 1 rings (SSSR count). The normalized spacial score (nSPS) is 11.1. The van der Waals surface area contributed by atoms with Crippen molar-refractivity contribution in [2.45, 2.75) is 117 Å². The Balaban J connectivity index is 2.52. The van der Waals surface area contributed by atoms with Gasteiger partial charge in [-0.3, -0.25) is 0 Å². The van der Waals surface area contributed by atoms with Crippen molar-refractivity contribution in [3.05, 3.63) is 29.6 Å². The molecule has 0 aromatic carbocycles. The molecule has 0 fully saturated rings. The van der Waals surface area contributed by atoms with Gasteiger partial charge in [0.2, 0.25) is 0 Å². The molecule has 0 spiro atoms. The van der Waals surface area contributed by atoms with Crippen LogP contribution in [0.3, 0.4) is 0 Å². The van der Waals surface area contributed by atoms with Gasteiger partial charge in [0.25, 0.3) is 0 Å². The van der Waals surface area contributed by atoms with Crippen LogP contribution in [0.1, 0.15) is 109 Å². The lowest BCUT2D eigenvalue weighted by Gasteiger charge is -2.06. The van der Waals surface area contributed by atoms with Crippen LogP contribution in [-0.2, 0) is 19.4 Å². The summed E-state index contributed by atoms with van der Waals surface area (Å²) >= 11 is 0. The standard InChI is InChI=1S/C23H42N/c1-4-7-10-12-14-16-22-19-23(17-15-13-11-8-5-2)21-24(20-22)18-9-6-3/h19-21H,4-18H2,1-3H3/q+1. The molecule has 138 valence electrons. The molecular weight excluding hydrogens is 290 g/mol. The van der Waals surface area contributed by atoms with Crippen molar-refractivity contribution in [2.24, 2.45) is 0 Å². The summed E-state index contributed by atoms with van der Waals surface area (Å²) in [6.45, 7) is 8.05. The maximum atomic E-state index is 2.49. The highest BCUT2D eigenvalue weighted by atomic mass is 14.9. The minimum absolute atomic E-state index is 1.18. The number of unbranched alkanes of at least 4 members (excludes halogenated alkanes) is 9. The van der Waals surface area contributed by atoms with Gasteiger partial charge in [-0.15, -0.1) is 0 Å². The van der Waals surface area contributed by atoms with Crippen LogP contribution in [0.25, 0.3) is 0 Å². The molecule has 0 bridgehead atoms. The molecule has 1 nitrogen and oxygen atoms in total. The fourth-order valence-electron chi connectivity index (χ4n) is 3.38. The Morgan fingerprint density at radius 2 is 1.04 bits per heavy atom. The lowest BCUT2D eigenvalue weighted by Crippen LogP contribution is -2.34. The molecule has 0 saturated carbocycles. The number of hydrogen-bond acceptors (Lipinski definition) is 0. The van der Waals surface area contributed by atoms with Gasteiger partial charge in [0, 0.05) is 17.5 Å². The van der Waals surface area contributed by atoms with E-state index in [0.717, 1.165) is 0 Å². The average Bonchev–Trinajstić information content (AvgIpc) is 2.59. The number of aryl methyl sites for hydroxylation is 3. The topological polar surface area (TPSA) is 3.88 Å². The molecule has 0 amide bonds. The lowest BCUT2D eigenvalue weighted by atomic mass is 10.0. The SMILES string of the molecule is CCCCCCCc1cc(CCCCCCC)c[n+](CCCC)c1. The fourth-order valence-corrected chi connectivity index (χ4v) is 3.38. The van der Waals surface area contributed by atoms with Crippen molar-refractivity contribution in [3.8, 4) is 0 Å². The summed E-state index contributed by atoms with van der Waals surface area (Å²) in [7, 11) is 0. The van der Waals surface area contributed by atoms with E-state index in [2.05, 4.69) is 43.8 Å². The van der Waals surface area contributed by atoms with Gasteiger partial charge in [-0.2, -0.15) is 0 Å². The molecule has 24 heavy (non-hydrogen) atoms. The van der Waals surface area contributed by atoms with Crippen LogP contribution < -0.4 is 4.57 Å². The van der Waals surface area contributed by atoms with Crippen LogP contribution in [0, 0.1) is 0 Å². The van der Waals surface area contributed by atoms with Gasteiger partial charge in [0.05, 0.1) is 0 Å². The molecule has 1 heteroatoms. The summed E-state index contributed by atoms with van der Waals surface area (Å²) < 4.78 is 2.46. The zero-order chi connectivity index (χ0) is 17.5. The number of pyridine rings is 1. The van der Waals surface area contributed by atoms with Gasteiger partial charge in [-0.1, -0.05) is 78.6 Å². The van der Waals surface area contributed by atoms with E-state index >= 15 is 0 Å². The van der Waals surface area contributed by atoms with Crippen molar-refractivity contribution >= 4 is 0 Å². The molecule has 1 aromatic heterocycles. The Kier molecular flexibility index (Phi) is 12.8. The van der Waals surface area contributed by atoms with Crippen molar-refractivity contribution in [2.75, 3.05) is 0 Å². The highest BCUT2D eigenvalue weighted by Crippen LogP contribution is 2.12. The van der Waals surface area contributed by atoms with Crippen molar-refractivity contribution in [1.82, 2.24) is 0 Å². The van der Waals surface area contributed by atoms with Crippen LogP contribution in [0.5, 0.6) is 0 Å². The van der Waals surface area contributed by atoms with Gasteiger partial charge in [-0.25, -0.2) is 4.57 Å². The first-order chi connectivity index (χ1) is 11.8. The number of aromatic nitrogens is 1. The molecule has 0 N–H and O–H groups in total. The second kappa shape index (κ2) is 14.5. The van der Waals surface area contributed by atoms with E-state index in [1.54, 1.807) is 11.1 Å². The van der Waals surface area contributed by atoms with Crippen LogP contribution in [0.4, 0.5) is 0 Å². The largest absolute Gasteiger partial charge is 0.205 e. The Labute approximate surface area is 151 Å². The highest BCUT2D eigenvalue weighted by molar-refractivity contribution is 5.15. The van der Waals surface area contributed by atoms with Crippen LogP contribution in [0.15, 0.2) is 18.5 Å². The molecule has 0 radical (unpaired) electrons. The van der Waals surface area contributed by atoms with Gasteiger partial charge in [0.1, 0.15) is 6.54 Å². The summed E-state index contributed by atoms with van der Waals surface area (Å²) in [5, 5.41) is 0. The third-order valence-electron chi connectivity index (χ3n) is 4.94. The van der Waals surface area contributed by atoms with Crippen LogP contribution in [-0.4, -0.2) is 0 Å². The first-order valence-electron chi connectivity index (χ1n) is 10.8. The first-order valence-corrected chi connectivity index (χ1v) is 10.8. The summed E-state index contributed by atoms with van der Waals surface area (Å²) in [6.07, 6.45) is 23.7. The Morgan fingerprint density at radius 3 is 1.50 bits per heavy atom. The average molecular weight is 333 g/mol. The maximum absolute atomic E-state index is 2.49. The van der Waals surface area contributed by atoms with E-state index in [4.69, 9.17) is 0 Å². The fraction of sp³-hybridized carbons (Fsp3) is 0.783. The lowest BCUT2D eigenvalue weighted by molar-refractivity contribution is -0.698. The Hall–Kier alpha value is -0.850. The third-order valence-corrected chi connectivity index (χ3v) is 4.94. The predicted molar refractivity (Wildman–Crippen MR) is 106 cm³/mol. The quantitative estimate of drug-likeness (QED) is 0.245. The van der Waals surface area contributed by atoms with Crippen molar-refractivity contribution in [1.29, 1.82) is 0 Å². The molecule has 0 aliphatic heterocycles. The van der Waals surface area contributed by atoms with E-state index in [1.165, 1.54) is 96.4 Å². The van der Waals surface area contributed by atoms with E-state index in [-0.39, 0.29) is 0 Å². The number of hydrogen-bond donors (Lipinski definition) is 0. The Bertz CT molecular complexity index is 378. The second-order valence-electron chi connectivity index (χ2n) is 7.47. The van der Waals surface area contributed by atoms with Crippen molar-refractivity contribution < 1.29 is 4.57 Å². The summed E-state index contributed by atoms with van der Waals surface area (Å²) in [6, 6.07) is 2.49. The van der Waals surface area contributed by atoms with Gasteiger partial charge >= 0.3 is 0 Å². The third kappa shape index (κ3) is 10.1. The minimum atomic E-state index is 1.18. The monoisotopic (exact) mass is 332 g/mol. The summed E-state index contributed by atoms with van der Waals surface area (Å²) in [4.78, 5) is 0. The number of rotatable bonds is 15. The Morgan fingerprint density at radius 1 is 0.583 bits per heavy atom. The highest BCUT2D eigenvalue weighted by Gasteiger charge is 2.08. The van der Waals surface area contributed by atoms with Crippen LogP contribution in [0.2, 0.25) is 0 Å². The molecule has 0 saturated heterocycles. The number of nitrogens with zero attached hydrogens (tertiary/aromatic N) is 1. The smallest absolute Gasteiger partial charge is 0.171 e. The zero-order valence-electron chi connectivity index (χ0n) is 16.8. The maximum Gasteiger partial charge on any atom is 0.171 e. The summed E-state index contributed by atoms with van der Waals surface area (Å²) in [5.41, 5.74) is 3.13. The van der Waals surface area contributed by atoms with E-state index in [9.17, 15) is 0 Å². The molecule has 0 atom stereocenters. The van der Waals surface area contributed by atoms with Gasteiger partial charge in [0.15, 0.2) is 12.4 Å². The molecule has 0 unspecified atom stereocenters. The van der Waals surface area contributed by atoms with Crippen LogP contribution >= 0.6 is 0 Å². The van der Waals surface area contributed by atoms with Gasteiger partial charge < -0.3 is 0 Å². The molecule has 0 aliphatic carbocycles. The van der Waals surface area contributed by atoms with Crippen molar-refractivity contribution in [3.63, 3.8) is 0 Å². The van der Waals surface area contributed by atoms with E-state index in [1.807, 2.05) is 0 Å². The predicted octanol–water partition coefficient (Wildman–Crippen LogP) is 6.80. The first kappa shape index (κ1) is 21.2. The van der Waals surface area contributed by atoms with E-state index < -0.39 is 0 Å². The second-order valence-corrected chi connectivity index (χ2v) is 7.47. The molecule has 0 aliphatic rings. The van der Waals surface area contributed by atoms with E-state index in [0.29, 0.717) is 0 Å². The molecular formula is C23H42N+. The van der Waals surface area contributed by atoms with Gasteiger partial charge in [-0.05, 0) is 31.7 Å². The molecule has 1 aromatic rings. The molecule has 1 heterocycles. The minimum Gasteiger partial charge on any atom is -0.205 e.